The van der Waals surface area contributed by atoms with Crippen LogP contribution in [-0.2, 0) is 6.54 Å². The Morgan fingerprint density at radius 1 is 1.18 bits per heavy atom. The molecule has 118 valence electrons. The molecular formula is C18H23ClN2O. The number of methoxy groups -OCH3 is 1. The first-order valence-corrected chi connectivity index (χ1v) is 7.45. The van der Waals surface area contributed by atoms with Crippen molar-refractivity contribution in [3.05, 3.63) is 59.7 Å². The van der Waals surface area contributed by atoms with E-state index in [2.05, 4.69) is 41.3 Å². The molecule has 1 aliphatic rings. The molecule has 1 heterocycles. The summed E-state index contributed by atoms with van der Waals surface area (Å²) in [4.78, 5) is 2.50. The van der Waals surface area contributed by atoms with E-state index in [1.807, 2.05) is 12.1 Å². The van der Waals surface area contributed by atoms with E-state index in [9.17, 15) is 0 Å². The lowest BCUT2D eigenvalue weighted by atomic mass is 9.98. The second-order valence-electron chi connectivity index (χ2n) is 5.74. The highest BCUT2D eigenvalue weighted by Gasteiger charge is 2.23. The average molecular weight is 319 g/mol. The number of hydrogen-bond acceptors (Lipinski definition) is 3. The molecule has 0 radical (unpaired) electrons. The zero-order valence-corrected chi connectivity index (χ0v) is 13.7. The fourth-order valence-corrected chi connectivity index (χ4v) is 3.07. The van der Waals surface area contributed by atoms with Crippen molar-refractivity contribution >= 4 is 18.1 Å². The molecule has 22 heavy (non-hydrogen) atoms. The van der Waals surface area contributed by atoms with Gasteiger partial charge in [-0.1, -0.05) is 24.3 Å². The Kier molecular flexibility index (Phi) is 5.69. The summed E-state index contributed by atoms with van der Waals surface area (Å²) in [6, 6.07) is 16.7. The molecule has 0 aromatic heterocycles. The van der Waals surface area contributed by atoms with Gasteiger partial charge in [-0.05, 0) is 54.3 Å². The lowest BCUT2D eigenvalue weighted by molar-refractivity contribution is 0.327. The molecule has 1 fully saturated rings. The van der Waals surface area contributed by atoms with Crippen molar-refractivity contribution in [3.8, 4) is 5.75 Å². The van der Waals surface area contributed by atoms with Gasteiger partial charge in [0.15, 0.2) is 0 Å². The maximum absolute atomic E-state index is 5.85. The van der Waals surface area contributed by atoms with E-state index in [1.165, 1.54) is 17.5 Å². The van der Waals surface area contributed by atoms with Crippen LogP contribution in [0.3, 0.4) is 0 Å². The number of nitrogens with two attached hydrogens (primary N) is 1. The molecule has 1 aliphatic heterocycles. The van der Waals surface area contributed by atoms with Crippen molar-refractivity contribution in [1.29, 1.82) is 0 Å². The Labute approximate surface area is 138 Å². The molecule has 0 aliphatic carbocycles. The van der Waals surface area contributed by atoms with Gasteiger partial charge in [0.2, 0.25) is 0 Å². The monoisotopic (exact) mass is 318 g/mol. The summed E-state index contributed by atoms with van der Waals surface area (Å²) < 4.78 is 5.22. The van der Waals surface area contributed by atoms with Gasteiger partial charge in [-0.3, -0.25) is 4.90 Å². The number of likely N-dealkylation sites (tertiary alicyclic amines) is 1. The van der Waals surface area contributed by atoms with Crippen LogP contribution in [0, 0.1) is 0 Å². The third-order valence-electron chi connectivity index (χ3n) is 4.22. The van der Waals surface area contributed by atoms with Gasteiger partial charge in [-0.25, -0.2) is 0 Å². The van der Waals surface area contributed by atoms with Crippen molar-refractivity contribution in [3.63, 3.8) is 0 Å². The van der Waals surface area contributed by atoms with Crippen LogP contribution >= 0.6 is 12.4 Å². The summed E-state index contributed by atoms with van der Waals surface area (Å²) in [5.74, 6) is 1.55. The van der Waals surface area contributed by atoms with Gasteiger partial charge in [0.1, 0.15) is 5.75 Å². The highest BCUT2D eigenvalue weighted by atomic mass is 35.5. The summed E-state index contributed by atoms with van der Waals surface area (Å²) in [5, 5.41) is 0. The maximum Gasteiger partial charge on any atom is 0.118 e. The van der Waals surface area contributed by atoms with E-state index < -0.39 is 0 Å². The second-order valence-corrected chi connectivity index (χ2v) is 5.74. The quantitative estimate of drug-likeness (QED) is 0.874. The molecule has 1 saturated heterocycles. The van der Waals surface area contributed by atoms with Gasteiger partial charge in [-0.15, -0.1) is 12.4 Å². The zero-order chi connectivity index (χ0) is 14.7. The van der Waals surface area contributed by atoms with Crippen molar-refractivity contribution in [2.75, 3.05) is 25.9 Å². The van der Waals surface area contributed by atoms with Crippen molar-refractivity contribution < 1.29 is 4.74 Å². The summed E-state index contributed by atoms with van der Waals surface area (Å²) in [7, 11) is 1.71. The topological polar surface area (TPSA) is 38.5 Å². The minimum Gasteiger partial charge on any atom is -0.497 e. The summed E-state index contributed by atoms with van der Waals surface area (Å²) in [6.45, 7) is 3.24. The minimum atomic E-state index is 0. The number of nitrogen functional groups attached to an aromatic ring is 1. The number of ether oxygens (including phenoxy) is 1. The Bertz CT molecular complexity index is 600. The van der Waals surface area contributed by atoms with Crippen LogP contribution in [-0.4, -0.2) is 25.1 Å². The highest BCUT2D eigenvalue weighted by Crippen LogP contribution is 2.29. The first-order chi connectivity index (χ1) is 10.2. The fraction of sp³-hybridized carbons (Fsp3) is 0.333. The van der Waals surface area contributed by atoms with E-state index in [1.54, 1.807) is 7.11 Å². The Morgan fingerprint density at radius 2 is 1.95 bits per heavy atom. The minimum absolute atomic E-state index is 0. The van der Waals surface area contributed by atoms with Crippen LogP contribution in [0.1, 0.15) is 23.5 Å². The third-order valence-corrected chi connectivity index (χ3v) is 4.22. The van der Waals surface area contributed by atoms with Crippen LogP contribution in [0.4, 0.5) is 5.69 Å². The Balaban J connectivity index is 0.00000176. The van der Waals surface area contributed by atoms with Crippen LogP contribution in [0.15, 0.2) is 48.5 Å². The van der Waals surface area contributed by atoms with E-state index in [-0.39, 0.29) is 12.4 Å². The second kappa shape index (κ2) is 7.52. The number of halogens is 1. The van der Waals surface area contributed by atoms with Crippen molar-refractivity contribution in [1.82, 2.24) is 4.90 Å². The molecule has 2 N–H and O–H groups in total. The van der Waals surface area contributed by atoms with Gasteiger partial charge >= 0.3 is 0 Å². The molecule has 0 saturated carbocycles. The molecule has 0 bridgehead atoms. The molecule has 2 aromatic rings. The van der Waals surface area contributed by atoms with Crippen molar-refractivity contribution in [2.45, 2.75) is 18.9 Å². The molecule has 3 nitrogen and oxygen atoms in total. The first-order valence-electron chi connectivity index (χ1n) is 7.45. The number of anilines is 1. The van der Waals surface area contributed by atoms with Gasteiger partial charge in [0.05, 0.1) is 7.11 Å². The predicted octanol–water partition coefficient (Wildman–Crippen LogP) is 3.69. The summed E-state index contributed by atoms with van der Waals surface area (Å²) in [6.07, 6.45) is 1.22. The molecular weight excluding hydrogens is 296 g/mol. The maximum atomic E-state index is 5.85. The van der Waals surface area contributed by atoms with Crippen LogP contribution in [0.25, 0.3) is 0 Å². The van der Waals surface area contributed by atoms with Gasteiger partial charge in [-0.2, -0.15) is 0 Å². The standard InChI is InChI=1S/C18H22N2O.ClH/c1-21-18-7-5-15(6-8-18)16-9-10-20(13-16)12-14-3-2-4-17(19)11-14;/h2-8,11,16H,9-10,12-13,19H2,1H3;1H. The van der Waals surface area contributed by atoms with Gasteiger partial charge < -0.3 is 10.5 Å². The number of rotatable bonds is 4. The van der Waals surface area contributed by atoms with Crippen LogP contribution < -0.4 is 10.5 Å². The highest BCUT2D eigenvalue weighted by molar-refractivity contribution is 5.85. The SMILES string of the molecule is COc1ccc(C2CCN(Cc3cccc(N)c3)C2)cc1.Cl. The number of hydrogen-bond donors (Lipinski definition) is 1. The van der Waals surface area contributed by atoms with E-state index in [0.29, 0.717) is 5.92 Å². The third kappa shape index (κ3) is 3.93. The first kappa shape index (κ1) is 16.7. The lowest BCUT2D eigenvalue weighted by Crippen LogP contribution is -2.19. The largest absolute Gasteiger partial charge is 0.497 e. The smallest absolute Gasteiger partial charge is 0.118 e. The lowest BCUT2D eigenvalue weighted by Gasteiger charge is -2.16. The zero-order valence-electron chi connectivity index (χ0n) is 12.9. The predicted molar refractivity (Wildman–Crippen MR) is 93.7 cm³/mol. The van der Waals surface area contributed by atoms with Crippen LogP contribution in [0.5, 0.6) is 5.75 Å². The molecule has 2 aromatic carbocycles. The average Bonchev–Trinajstić information content (AvgIpc) is 2.96. The molecule has 1 unspecified atom stereocenters. The molecule has 1 atom stereocenters. The number of nitrogens with zero attached hydrogens (tertiary/aromatic N) is 1. The fourth-order valence-electron chi connectivity index (χ4n) is 3.07. The van der Waals surface area contributed by atoms with E-state index in [4.69, 9.17) is 10.5 Å². The normalized spacial score (nSPS) is 18.0. The van der Waals surface area contributed by atoms with Gasteiger partial charge in [0.25, 0.3) is 0 Å². The molecule has 3 rings (SSSR count). The van der Waals surface area contributed by atoms with E-state index in [0.717, 1.165) is 31.1 Å². The Morgan fingerprint density at radius 3 is 2.64 bits per heavy atom. The summed E-state index contributed by atoms with van der Waals surface area (Å²) in [5.41, 5.74) is 9.40. The molecule has 0 spiro atoms. The number of benzene rings is 2. The molecule has 0 amide bonds. The van der Waals surface area contributed by atoms with Gasteiger partial charge in [0, 0.05) is 18.8 Å². The van der Waals surface area contributed by atoms with E-state index >= 15 is 0 Å². The van der Waals surface area contributed by atoms with Crippen LogP contribution in [0.2, 0.25) is 0 Å². The Hall–Kier alpha value is -1.71. The summed E-state index contributed by atoms with van der Waals surface area (Å²) >= 11 is 0. The van der Waals surface area contributed by atoms with Crippen molar-refractivity contribution in [2.24, 2.45) is 0 Å². The molecule has 4 heteroatoms.